The van der Waals surface area contributed by atoms with E-state index in [0.717, 1.165) is 18.7 Å². The maximum Gasteiger partial charge on any atom is 0.131 e. The lowest BCUT2D eigenvalue weighted by Gasteiger charge is -2.13. The smallest absolute Gasteiger partial charge is 0.131 e. The van der Waals surface area contributed by atoms with Gasteiger partial charge in [-0.3, -0.25) is 0 Å². The number of nitrogens with two attached hydrogens (primary N) is 1. The average molecular weight is 196 g/mol. The van der Waals surface area contributed by atoms with Gasteiger partial charge < -0.3 is 16.2 Å². The molecule has 1 atom stereocenters. The molecule has 4 N–H and O–H groups in total. The summed E-state index contributed by atoms with van der Waals surface area (Å²) < 4.78 is 0. The Labute approximate surface area is 83.4 Å². The molecule has 0 fully saturated rings. The van der Waals surface area contributed by atoms with Crippen LogP contribution in [-0.2, 0) is 0 Å². The maximum absolute atomic E-state index is 8.65. The molecule has 0 aliphatic carbocycles. The van der Waals surface area contributed by atoms with Crippen molar-refractivity contribution in [3.8, 4) is 0 Å². The van der Waals surface area contributed by atoms with Gasteiger partial charge in [-0.2, -0.15) is 0 Å². The first-order valence-electron chi connectivity index (χ1n) is 4.67. The zero-order valence-electron chi connectivity index (χ0n) is 8.27. The zero-order chi connectivity index (χ0) is 10.4. The van der Waals surface area contributed by atoms with E-state index in [1.807, 2.05) is 6.92 Å². The molecule has 1 unspecified atom stereocenters. The third-order valence-electron chi connectivity index (χ3n) is 1.88. The van der Waals surface area contributed by atoms with E-state index in [2.05, 4.69) is 15.3 Å². The summed E-state index contributed by atoms with van der Waals surface area (Å²) in [5.41, 5.74) is 5.50. The van der Waals surface area contributed by atoms with Crippen molar-refractivity contribution in [2.75, 3.05) is 17.7 Å². The van der Waals surface area contributed by atoms with Crippen LogP contribution >= 0.6 is 0 Å². The monoisotopic (exact) mass is 196 g/mol. The Morgan fingerprint density at radius 3 is 3.00 bits per heavy atom. The molecule has 5 heteroatoms. The molecule has 0 aliphatic heterocycles. The first kappa shape index (κ1) is 10.7. The van der Waals surface area contributed by atoms with Crippen molar-refractivity contribution < 1.29 is 5.11 Å². The second-order valence-electron chi connectivity index (χ2n) is 3.24. The molecule has 78 valence electrons. The molecule has 0 saturated heterocycles. The van der Waals surface area contributed by atoms with Crippen molar-refractivity contribution in [3.63, 3.8) is 0 Å². The largest absolute Gasteiger partial charge is 0.396 e. The second kappa shape index (κ2) is 5.39. The fourth-order valence-electron chi connectivity index (χ4n) is 1.17. The number of aliphatic hydroxyl groups excluding tert-OH is 1. The van der Waals surface area contributed by atoms with Crippen LogP contribution in [0.5, 0.6) is 0 Å². The molecule has 0 radical (unpaired) electrons. The topological polar surface area (TPSA) is 84.1 Å². The summed E-state index contributed by atoms with van der Waals surface area (Å²) in [5, 5.41) is 11.8. The van der Waals surface area contributed by atoms with Gasteiger partial charge in [-0.05, 0) is 19.8 Å². The van der Waals surface area contributed by atoms with Crippen LogP contribution in [0.4, 0.5) is 11.6 Å². The van der Waals surface area contributed by atoms with Crippen LogP contribution in [0, 0.1) is 0 Å². The predicted molar refractivity (Wildman–Crippen MR) is 55.8 cm³/mol. The minimum Gasteiger partial charge on any atom is -0.396 e. The van der Waals surface area contributed by atoms with E-state index in [9.17, 15) is 0 Å². The highest BCUT2D eigenvalue weighted by Gasteiger charge is 2.02. The Morgan fingerprint density at radius 1 is 1.57 bits per heavy atom. The highest BCUT2D eigenvalue weighted by Crippen LogP contribution is 2.08. The lowest BCUT2D eigenvalue weighted by atomic mass is 10.2. The molecule has 0 bridgehead atoms. The summed E-state index contributed by atoms with van der Waals surface area (Å²) in [4.78, 5) is 7.82. The molecular formula is C9H16N4O. The van der Waals surface area contributed by atoms with Crippen LogP contribution in [-0.4, -0.2) is 27.7 Å². The number of rotatable bonds is 5. The molecule has 0 aliphatic rings. The Kier molecular flexibility index (Phi) is 4.12. The highest BCUT2D eigenvalue weighted by atomic mass is 16.2. The van der Waals surface area contributed by atoms with Crippen molar-refractivity contribution in [1.29, 1.82) is 0 Å². The third-order valence-corrected chi connectivity index (χ3v) is 1.88. The van der Waals surface area contributed by atoms with Crippen LogP contribution in [0.1, 0.15) is 19.8 Å². The number of aliphatic hydroxyl groups is 1. The highest BCUT2D eigenvalue weighted by molar-refractivity contribution is 5.43. The van der Waals surface area contributed by atoms with Crippen LogP contribution in [0.15, 0.2) is 12.4 Å². The average Bonchev–Trinajstić information content (AvgIpc) is 2.15. The van der Waals surface area contributed by atoms with Crippen molar-refractivity contribution in [2.24, 2.45) is 0 Å². The van der Waals surface area contributed by atoms with E-state index in [4.69, 9.17) is 10.8 Å². The van der Waals surface area contributed by atoms with Crippen LogP contribution in [0.3, 0.4) is 0 Å². The number of hydrogen-bond acceptors (Lipinski definition) is 5. The zero-order valence-corrected chi connectivity index (χ0v) is 8.27. The number of nitrogens with zero attached hydrogens (tertiary/aromatic N) is 2. The Balaban J connectivity index is 2.43. The number of hydrogen-bond donors (Lipinski definition) is 3. The predicted octanol–water partition coefficient (Wildman–Crippen LogP) is 0.632. The van der Waals surface area contributed by atoms with Gasteiger partial charge in [-0.1, -0.05) is 0 Å². The normalized spacial score (nSPS) is 12.4. The molecule has 0 amide bonds. The number of anilines is 2. The van der Waals surface area contributed by atoms with E-state index in [0.29, 0.717) is 5.82 Å². The molecule has 1 aromatic heterocycles. The molecule has 1 heterocycles. The van der Waals surface area contributed by atoms with Gasteiger partial charge in [0.2, 0.25) is 0 Å². The Hall–Kier alpha value is -1.36. The quantitative estimate of drug-likeness (QED) is 0.643. The van der Waals surface area contributed by atoms with Gasteiger partial charge in [-0.25, -0.2) is 9.97 Å². The van der Waals surface area contributed by atoms with Crippen LogP contribution in [0.2, 0.25) is 0 Å². The second-order valence-corrected chi connectivity index (χ2v) is 3.24. The van der Waals surface area contributed by atoms with E-state index in [1.54, 1.807) is 6.07 Å². The first-order chi connectivity index (χ1) is 6.72. The number of nitrogens with one attached hydrogen (secondary N) is 1. The standard InChI is InChI=1S/C9H16N4O/c1-7(3-2-4-14)13-9-5-8(10)11-6-12-9/h5-7,14H,2-4H2,1H3,(H3,10,11,12,13). The molecule has 14 heavy (non-hydrogen) atoms. The van der Waals surface area contributed by atoms with Gasteiger partial charge >= 0.3 is 0 Å². The minimum atomic E-state index is 0.220. The summed E-state index contributed by atoms with van der Waals surface area (Å²) in [5.74, 6) is 1.18. The van der Waals surface area contributed by atoms with Gasteiger partial charge in [-0.15, -0.1) is 0 Å². The Morgan fingerprint density at radius 2 is 2.36 bits per heavy atom. The summed E-state index contributed by atoms with van der Waals surface area (Å²) in [6.45, 7) is 2.26. The van der Waals surface area contributed by atoms with Crippen molar-refractivity contribution in [3.05, 3.63) is 12.4 Å². The molecular weight excluding hydrogens is 180 g/mol. The number of nitrogen functional groups attached to an aromatic ring is 1. The summed E-state index contributed by atoms with van der Waals surface area (Å²) in [7, 11) is 0. The molecule has 0 aromatic carbocycles. The van der Waals surface area contributed by atoms with Crippen LogP contribution < -0.4 is 11.1 Å². The van der Waals surface area contributed by atoms with E-state index >= 15 is 0 Å². The SMILES string of the molecule is CC(CCCO)Nc1cc(N)ncn1. The van der Waals surface area contributed by atoms with Gasteiger partial charge in [0.05, 0.1) is 0 Å². The molecule has 1 aromatic rings. The Bertz CT molecular complexity index is 279. The van der Waals surface area contributed by atoms with Gasteiger partial charge in [0.1, 0.15) is 18.0 Å². The summed E-state index contributed by atoms with van der Waals surface area (Å²) in [6.07, 6.45) is 3.12. The van der Waals surface area contributed by atoms with Crippen LogP contribution in [0.25, 0.3) is 0 Å². The molecule has 5 nitrogen and oxygen atoms in total. The van der Waals surface area contributed by atoms with Crippen molar-refractivity contribution in [2.45, 2.75) is 25.8 Å². The van der Waals surface area contributed by atoms with Crippen molar-refractivity contribution in [1.82, 2.24) is 9.97 Å². The summed E-state index contributed by atoms with van der Waals surface area (Å²) in [6, 6.07) is 1.96. The molecule has 0 spiro atoms. The van der Waals surface area contributed by atoms with E-state index in [1.165, 1.54) is 6.33 Å². The van der Waals surface area contributed by atoms with Crippen molar-refractivity contribution >= 4 is 11.6 Å². The lowest BCUT2D eigenvalue weighted by molar-refractivity contribution is 0.282. The fourth-order valence-corrected chi connectivity index (χ4v) is 1.17. The minimum absolute atomic E-state index is 0.220. The maximum atomic E-state index is 8.65. The van der Waals surface area contributed by atoms with Gasteiger partial charge in [0.15, 0.2) is 0 Å². The molecule has 0 saturated carbocycles. The number of aromatic nitrogens is 2. The molecule has 1 rings (SSSR count). The van der Waals surface area contributed by atoms with E-state index in [-0.39, 0.29) is 12.6 Å². The first-order valence-corrected chi connectivity index (χ1v) is 4.67. The lowest BCUT2D eigenvalue weighted by Crippen LogP contribution is -2.16. The van der Waals surface area contributed by atoms with Gasteiger partial charge in [0, 0.05) is 18.7 Å². The fraction of sp³-hybridized carbons (Fsp3) is 0.556. The van der Waals surface area contributed by atoms with Gasteiger partial charge in [0.25, 0.3) is 0 Å². The summed E-state index contributed by atoms with van der Waals surface area (Å²) >= 11 is 0. The van der Waals surface area contributed by atoms with E-state index < -0.39 is 0 Å². The third kappa shape index (κ3) is 3.57.